The molecule has 0 saturated carbocycles. The molecule has 0 heterocycles. The topological polar surface area (TPSA) is 38.3 Å². The second-order valence-electron chi connectivity index (χ2n) is 3.90. The van der Waals surface area contributed by atoms with Crippen LogP contribution in [0.3, 0.4) is 0 Å². The highest BCUT2D eigenvalue weighted by Gasteiger charge is 2.15. The molecule has 1 amide bonds. The maximum absolute atomic E-state index is 13.4. The summed E-state index contributed by atoms with van der Waals surface area (Å²) in [6.45, 7) is 0. The number of hydrogen-bond donors (Lipinski definition) is 1. The van der Waals surface area contributed by atoms with Gasteiger partial charge in [-0.05, 0) is 40.2 Å². The predicted octanol–water partition coefficient (Wildman–Crippen LogP) is 3.99. The Morgan fingerprint density at radius 2 is 2.00 bits per heavy atom. The average Bonchev–Trinajstić information content (AvgIpc) is 2.43. The van der Waals surface area contributed by atoms with Crippen molar-refractivity contribution < 1.29 is 18.3 Å². The summed E-state index contributed by atoms with van der Waals surface area (Å²) in [6, 6.07) is 7.85. The zero-order chi connectivity index (χ0) is 14.7. The summed E-state index contributed by atoms with van der Waals surface area (Å²) in [6.07, 6.45) is 0. The van der Waals surface area contributed by atoms with Crippen molar-refractivity contribution in [3.05, 3.63) is 58.1 Å². The van der Waals surface area contributed by atoms with Gasteiger partial charge in [0.2, 0.25) is 0 Å². The Hall–Kier alpha value is -1.95. The van der Waals surface area contributed by atoms with E-state index in [9.17, 15) is 13.6 Å². The fraction of sp³-hybridized carbons (Fsp3) is 0.0714. The Balaban J connectivity index is 2.30. The van der Waals surface area contributed by atoms with Crippen LogP contribution in [-0.2, 0) is 0 Å². The molecular formula is C14H10BrF2NO2. The molecule has 0 radical (unpaired) electrons. The van der Waals surface area contributed by atoms with Crippen molar-refractivity contribution in [2.45, 2.75) is 0 Å². The third kappa shape index (κ3) is 2.96. The molecule has 2 rings (SSSR count). The maximum atomic E-state index is 13.4. The number of benzene rings is 2. The fourth-order valence-electron chi connectivity index (χ4n) is 1.64. The highest BCUT2D eigenvalue weighted by atomic mass is 79.9. The minimum atomic E-state index is -0.538. The number of carbonyl (C=O) groups is 1. The Morgan fingerprint density at radius 1 is 1.25 bits per heavy atom. The molecule has 3 nitrogen and oxygen atoms in total. The number of nitrogens with one attached hydrogen (secondary N) is 1. The van der Waals surface area contributed by atoms with Gasteiger partial charge >= 0.3 is 0 Å². The predicted molar refractivity (Wildman–Crippen MR) is 75.0 cm³/mol. The first-order valence-electron chi connectivity index (χ1n) is 5.62. The zero-order valence-electron chi connectivity index (χ0n) is 10.4. The first-order valence-corrected chi connectivity index (χ1v) is 6.41. The van der Waals surface area contributed by atoms with Crippen molar-refractivity contribution in [3.63, 3.8) is 0 Å². The van der Waals surface area contributed by atoms with Crippen molar-refractivity contribution in [2.75, 3.05) is 12.4 Å². The number of rotatable bonds is 3. The van der Waals surface area contributed by atoms with E-state index < -0.39 is 17.5 Å². The summed E-state index contributed by atoms with van der Waals surface area (Å²) in [5.74, 6) is -1.36. The highest BCUT2D eigenvalue weighted by Crippen LogP contribution is 2.27. The minimum absolute atomic E-state index is 0.0681. The SMILES string of the molecule is COc1cc(F)ccc1NC(=O)c1cccc(F)c1Br. The Morgan fingerprint density at radius 3 is 2.70 bits per heavy atom. The van der Waals surface area contributed by atoms with Crippen molar-refractivity contribution in [2.24, 2.45) is 0 Å². The molecule has 6 heteroatoms. The van der Waals surface area contributed by atoms with Gasteiger partial charge in [0.1, 0.15) is 17.4 Å². The van der Waals surface area contributed by atoms with Crippen molar-refractivity contribution in [3.8, 4) is 5.75 Å². The van der Waals surface area contributed by atoms with Gasteiger partial charge in [0, 0.05) is 6.07 Å². The van der Waals surface area contributed by atoms with Crippen LogP contribution in [0.2, 0.25) is 0 Å². The number of methoxy groups -OCH3 is 1. The molecule has 0 bridgehead atoms. The molecule has 1 N–H and O–H groups in total. The van der Waals surface area contributed by atoms with E-state index in [2.05, 4.69) is 21.2 Å². The normalized spacial score (nSPS) is 10.2. The monoisotopic (exact) mass is 341 g/mol. The molecule has 0 aliphatic heterocycles. The summed E-state index contributed by atoms with van der Waals surface area (Å²) in [5, 5.41) is 2.55. The second-order valence-corrected chi connectivity index (χ2v) is 4.69. The standard InChI is InChI=1S/C14H10BrF2NO2/c1-20-12-7-8(16)5-6-11(12)18-14(19)9-3-2-4-10(17)13(9)15/h2-7H,1H3,(H,18,19). The number of ether oxygens (including phenoxy) is 1. The van der Waals surface area contributed by atoms with Gasteiger partial charge in [0.05, 0.1) is 22.8 Å². The quantitative estimate of drug-likeness (QED) is 0.916. The third-order valence-electron chi connectivity index (χ3n) is 2.61. The van der Waals surface area contributed by atoms with Crippen LogP contribution in [-0.4, -0.2) is 13.0 Å². The lowest BCUT2D eigenvalue weighted by Gasteiger charge is -2.11. The summed E-state index contributed by atoms with van der Waals surface area (Å²) in [7, 11) is 1.36. The smallest absolute Gasteiger partial charge is 0.257 e. The van der Waals surface area contributed by atoms with Crippen LogP contribution in [0.15, 0.2) is 40.9 Å². The minimum Gasteiger partial charge on any atom is -0.494 e. The van der Waals surface area contributed by atoms with Gasteiger partial charge in [-0.2, -0.15) is 0 Å². The van der Waals surface area contributed by atoms with Gasteiger partial charge < -0.3 is 10.1 Å². The number of anilines is 1. The Labute approximate surface area is 122 Å². The van der Waals surface area contributed by atoms with Crippen LogP contribution in [0.5, 0.6) is 5.75 Å². The number of halogens is 3. The van der Waals surface area contributed by atoms with Crippen LogP contribution in [0.4, 0.5) is 14.5 Å². The highest BCUT2D eigenvalue weighted by molar-refractivity contribution is 9.10. The molecular weight excluding hydrogens is 332 g/mol. The lowest BCUT2D eigenvalue weighted by atomic mass is 10.2. The van der Waals surface area contributed by atoms with Gasteiger partial charge in [0.25, 0.3) is 5.91 Å². The van der Waals surface area contributed by atoms with Crippen molar-refractivity contribution in [1.29, 1.82) is 0 Å². The summed E-state index contributed by atoms with van der Waals surface area (Å²) < 4.78 is 31.5. The van der Waals surface area contributed by atoms with E-state index in [0.717, 1.165) is 6.07 Å². The Kier molecular flexibility index (Phi) is 4.34. The fourth-order valence-corrected chi connectivity index (χ4v) is 2.08. The van der Waals surface area contributed by atoms with Gasteiger partial charge in [-0.25, -0.2) is 8.78 Å². The van der Waals surface area contributed by atoms with Crippen LogP contribution < -0.4 is 10.1 Å². The molecule has 20 heavy (non-hydrogen) atoms. The van der Waals surface area contributed by atoms with Crippen molar-refractivity contribution in [1.82, 2.24) is 0 Å². The van der Waals surface area contributed by atoms with E-state index in [-0.39, 0.29) is 15.8 Å². The third-order valence-corrected chi connectivity index (χ3v) is 3.41. The van der Waals surface area contributed by atoms with E-state index >= 15 is 0 Å². The lowest BCUT2D eigenvalue weighted by Crippen LogP contribution is -2.13. The van der Waals surface area contributed by atoms with Crippen molar-refractivity contribution >= 4 is 27.5 Å². The van der Waals surface area contributed by atoms with E-state index in [1.165, 1.54) is 37.4 Å². The number of hydrogen-bond acceptors (Lipinski definition) is 2. The molecule has 2 aromatic carbocycles. The van der Waals surface area contributed by atoms with Crippen LogP contribution in [0.1, 0.15) is 10.4 Å². The van der Waals surface area contributed by atoms with Gasteiger partial charge in [0.15, 0.2) is 0 Å². The molecule has 0 fully saturated rings. The molecule has 0 aromatic heterocycles. The van der Waals surface area contributed by atoms with Gasteiger partial charge in [-0.15, -0.1) is 0 Å². The van der Waals surface area contributed by atoms with Crippen LogP contribution >= 0.6 is 15.9 Å². The summed E-state index contributed by atoms with van der Waals surface area (Å²) >= 11 is 3.01. The van der Waals surface area contributed by atoms with Gasteiger partial charge in [-0.1, -0.05) is 6.07 Å². The molecule has 0 spiro atoms. The molecule has 0 aliphatic carbocycles. The van der Waals surface area contributed by atoms with Gasteiger partial charge in [-0.3, -0.25) is 4.79 Å². The first-order chi connectivity index (χ1) is 9.52. The molecule has 0 unspecified atom stereocenters. The first kappa shape index (κ1) is 14.5. The molecule has 0 atom stereocenters. The number of amides is 1. The van der Waals surface area contributed by atoms with E-state index in [0.29, 0.717) is 5.69 Å². The second kappa shape index (κ2) is 6.00. The van der Waals surface area contributed by atoms with E-state index in [1.54, 1.807) is 0 Å². The van der Waals surface area contributed by atoms with Crippen LogP contribution in [0, 0.1) is 11.6 Å². The van der Waals surface area contributed by atoms with Crippen LogP contribution in [0.25, 0.3) is 0 Å². The number of carbonyl (C=O) groups excluding carboxylic acids is 1. The summed E-state index contributed by atoms with van der Waals surface area (Å²) in [5.41, 5.74) is 0.437. The molecule has 0 saturated heterocycles. The summed E-state index contributed by atoms with van der Waals surface area (Å²) in [4.78, 5) is 12.1. The molecule has 2 aromatic rings. The largest absolute Gasteiger partial charge is 0.494 e. The average molecular weight is 342 g/mol. The van der Waals surface area contributed by atoms with E-state index in [1.807, 2.05) is 0 Å². The van der Waals surface area contributed by atoms with E-state index in [4.69, 9.17) is 4.74 Å². The maximum Gasteiger partial charge on any atom is 0.257 e. The lowest BCUT2D eigenvalue weighted by molar-refractivity contribution is 0.102. The molecule has 0 aliphatic rings. The zero-order valence-corrected chi connectivity index (χ0v) is 12.0. The Bertz CT molecular complexity index is 662. The molecule has 104 valence electrons.